The Bertz CT molecular complexity index is 720. The Balaban J connectivity index is 1.99. The van der Waals surface area contributed by atoms with Gasteiger partial charge in [0, 0.05) is 5.56 Å². The number of rotatable bonds is 3. The van der Waals surface area contributed by atoms with Gasteiger partial charge in [-0.05, 0) is 29.7 Å². The highest BCUT2D eigenvalue weighted by Crippen LogP contribution is 2.27. The Morgan fingerprint density at radius 3 is 2.50 bits per heavy atom. The van der Waals surface area contributed by atoms with Crippen LogP contribution < -0.4 is 0 Å². The molecule has 4 nitrogen and oxygen atoms in total. The van der Waals surface area contributed by atoms with Gasteiger partial charge >= 0.3 is 0 Å². The van der Waals surface area contributed by atoms with Gasteiger partial charge in [-0.25, -0.2) is 0 Å². The van der Waals surface area contributed by atoms with E-state index in [4.69, 9.17) is 9.63 Å². The van der Waals surface area contributed by atoms with Crippen molar-refractivity contribution in [1.82, 2.24) is 10.1 Å². The first-order chi connectivity index (χ1) is 9.78. The van der Waals surface area contributed by atoms with Crippen LogP contribution in [0, 0.1) is 6.92 Å². The summed E-state index contributed by atoms with van der Waals surface area (Å²) in [4.78, 5) is 4.11. The van der Waals surface area contributed by atoms with Gasteiger partial charge in [0.2, 0.25) is 5.82 Å². The molecule has 0 unspecified atom stereocenters. The highest BCUT2D eigenvalue weighted by atomic mass is 16.5. The maximum atomic E-state index is 8.95. The van der Waals surface area contributed by atoms with Crippen molar-refractivity contribution < 1.29 is 9.63 Å². The molecule has 4 heteroatoms. The van der Waals surface area contributed by atoms with Crippen molar-refractivity contribution in [3.05, 3.63) is 60.0 Å². The molecule has 1 N–H and O–H groups in total. The SMILES string of the molecule is Cc1cc(-c2noc(CO)n2)ccc1-c1ccccc1. The third kappa shape index (κ3) is 2.33. The van der Waals surface area contributed by atoms with Crippen molar-refractivity contribution in [2.45, 2.75) is 13.5 Å². The zero-order valence-electron chi connectivity index (χ0n) is 11.1. The highest BCUT2D eigenvalue weighted by molar-refractivity contribution is 5.71. The van der Waals surface area contributed by atoms with Gasteiger partial charge in [-0.1, -0.05) is 47.6 Å². The first-order valence-corrected chi connectivity index (χ1v) is 6.38. The van der Waals surface area contributed by atoms with E-state index in [0.29, 0.717) is 5.82 Å². The van der Waals surface area contributed by atoms with Crippen LogP contribution in [0.5, 0.6) is 0 Å². The molecule has 0 saturated heterocycles. The Labute approximate surface area is 116 Å². The molecular weight excluding hydrogens is 252 g/mol. The second-order valence-electron chi connectivity index (χ2n) is 4.57. The topological polar surface area (TPSA) is 59.2 Å². The second-order valence-corrected chi connectivity index (χ2v) is 4.57. The van der Waals surface area contributed by atoms with E-state index in [1.165, 1.54) is 11.1 Å². The monoisotopic (exact) mass is 266 g/mol. The fourth-order valence-corrected chi connectivity index (χ4v) is 2.18. The third-order valence-electron chi connectivity index (χ3n) is 3.17. The Morgan fingerprint density at radius 1 is 1.05 bits per heavy atom. The molecule has 0 spiro atoms. The second kappa shape index (κ2) is 5.27. The first-order valence-electron chi connectivity index (χ1n) is 6.38. The summed E-state index contributed by atoms with van der Waals surface area (Å²) in [5, 5.41) is 12.8. The summed E-state index contributed by atoms with van der Waals surface area (Å²) in [6, 6.07) is 16.2. The fourth-order valence-electron chi connectivity index (χ4n) is 2.18. The number of aliphatic hydroxyl groups excluding tert-OH is 1. The van der Waals surface area contributed by atoms with E-state index in [-0.39, 0.29) is 12.5 Å². The number of aromatic nitrogens is 2. The quantitative estimate of drug-likeness (QED) is 0.790. The zero-order chi connectivity index (χ0) is 13.9. The summed E-state index contributed by atoms with van der Waals surface area (Å²) in [5.74, 6) is 0.724. The number of hydrogen-bond donors (Lipinski definition) is 1. The summed E-state index contributed by atoms with van der Waals surface area (Å²) in [6.45, 7) is 1.81. The van der Waals surface area contributed by atoms with Gasteiger partial charge in [0.25, 0.3) is 5.89 Å². The number of aryl methyl sites for hydroxylation is 1. The molecule has 3 aromatic rings. The van der Waals surface area contributed by atoms with Crippen LogP contribution in [0.2, 0.25) is 0 Å². The van der Waals surface area contributed by atoms with Gasteiger partial charge in [0.15, 0.2) is 0 Å². The van der Waals surface area contributed by atoms with Crippen molar-refractivity contribution in [1.29, 1.82) is 0 Å². The molecule has 100 valence electrons. The lowest BCUT2D eigenvalue weighted by Gasteiger charge is -2.07. The van der Waals surface area contributed by atoms with Crippen molar-refractivity contribution in [3.63, 3.8) is 0 Å². The van der Waals surface area contributed by atoms with E-state index >= 15 is 0 Å². The smallest absolute Gasteiger partial charge is 0.252 e. The molecule has 20 heavy (non-hydrogen) atoms. The molecule has 1 aromatic heterocycles. The predicted molar refractivity (Wildman–Crippen MR) is 75.8 cm³/mol. The van der Waals surface area contributed by atoms with Crippen LogP contribution in [-0.4, -0.2) is 15.2 Å². The van der Waals surface area contributed by atoms with Crippen molar-refractivity contribution in [2.24, 2.45) is 0 Å². The minimum Gasteiger partial charge on any atom is -0.387 e. The summed E-state index contributed by atoms with van der Waals surface area (Å²) in [5.41, 5.74) is 4.38. The van der Waals surface area contributed by atoms with Crippen LogP contribution in [0.25, 0.3) is 22.5 Å². The molecule has 0 saturated carbocycles. The number of benzene rings is 2. The van der Waals surface area contributed by atoms with Crippen molar-refractivity contribution in [2.75, 3.05) is 0 Å². The summed E-state index contributed by atoms with van der Waals surface area (Å²) < 4.78 is 4.91. The molecule has 0 radical (unpaired) electrons. The molecule has 0 aliphatic heterocycles. The number of nitrogens with zero attached hydrogens (tertiary/aromatic N) is 2. The molecule has 0 bridgehead atoms. The lowest BCUT2D eigenvalue weighted by molar-refractivity contribution is 0.222. The van der Waals surface area contributed by atoms with Crippen LogP contribution in [0.15, 0.2) is 53.1 Å². The number of aliphatic hydroxyl groups is 1. The first kappa shape index (κ1) is 12.6. The van der Waals surface area contributed by atoms with E-state index in [1.807, 2.05) is 30.3 Å². The van der Waals surface area contributed by atoms with Gasteiger partial charge in [-0.3, -0.25) is 0 Å². The van der Waals surface area contributed by atoms with Gasteiger partial charge < -0.3 is 9.63 Å². The maximum Gasteiger partial charge on any atom is 0.252 e. The molecule has 0 fully saturated rings. The fraction of sp³-hybridized carbons (Fsp3) is 0.125. The van der Waals surface area contributed by atoms with E-state index < -0.39 is 0 Å². The minimum absolute atomic E-state index is 0.227. The van der Waals surface area contributed by atoms with Crippen LogP contribution in [0.3, 0.4) is 0 Å². The molecule has 0 aliphatic carbocycles. The molecule has 0 aliphatic rings. The van der Waals surface area contributed by atoms with E-state index in [0.717, 1.165) is 11.1 Å². The van der Waals surface area contributed by atoms with Gasteiger partial charge in [-0.15, -0.1) is 0 Å². The predicted octanol–water partition coefficient (Wildman–Crippen LogP) is 3.20. The van der Waals surface area contributed by atoms with Crippen LogP contribution >= 0.6 is 0 Å². The normalized spacial score (nSPS) is 10.7. The Hall–Kier alpha value is -2.46. The van der Waals surface area contributed by atoms with Gasteiger partial charge in [0.05, 0.1) is 0 Å². The largest absolute Gasteiger partial charge is 0.387 e. The average molecular weight is 266 g/mol. The number of hydrogen-bond acceptors (Lipinski definition) is 4. The lowest BCUT2D eigenvalue weighted by atomic mass is 9.98. The Morgan fingerprint density at radius 2 is 1.85 bits per heavy atom. The van der Waals surface area contributed by atoms with E-state index in [2.05, 4.69) is 35.3 Å². The van der Waals surface area contributed by atoms with Gasteiger partial charge in [-0.2, -0.15) is 4.98 Å². The summed E-state index contributed by atoms with van der Waals surface area (Å²) in [6.07, 6.45) is 0. The van der Waals surface area contributed by atoms with Crippen LogP contribution in [-0.2, 0) is 6.61 Å². The van der Waals surface area contributed by atoms with Crippen molar-refractivity contribution in [3.8, 4) is 22.5 Å². The minimum atomic E-state index is -0.242. The third-order valence-corrected chi connectivity index (χ3v) is 3.17. The maximum absolute atomic E-state index is 8.95. The van der Waals surface area contributed by atoms with E-state index in [9.17, 15) is 0 Å². The Kier molecular flexibility index (Phi) is 3.31. The molecule has 0 amide bonds. The highest BCUT2D eigenvalue weighted by Gasteiger charge is 2.09. The molecular formula is C16H14N2O2. The van der Waals surface area contributed by atoms with E-state index in [1.54, 1.807) is 0 Å². The average Bonchev–Trinajstić information content (AvgIpc) is 2.97. The van der Waals surface area contributed by atoms with Crippen LogP contribution in [0.4, 0.5) is 0 Å². The molecule has 3 rings (SSSR count). The van der Waals surface area contributed by atoms with Crippen molar-refractivity contribution >= 4 is 0 Å². The molecule has 1 heterocycles. The van der Waals surface area contributed by atoms with Gasteiger partial charge in [0.1, 0.15) is 6.61 Å². The lowest BCUT2D eigenvalue weighted by Crippen LogP contribution is -1.87. The summed E-state index contributed by atoms with van der Waals surface area (Å²) in [7, 11) is 0. The van der Waals surface area contributed by atoms with Crippen LogP contribution in [0.1, 0.15) is 11.5 Å². The molecule has 2 aromatic carbocycles. The zero-order valence-corrected chi connectivity index (χ0v) is 11.1. The summed E-state index contributed by atoms with van der Waals surface area (Å²) >= 11 is 0. The molecule has 0 atom stereocenters. The standard InChI is InChI=1S/C16H14N2O2/c1-11-9-13(16-17-15(10-19)20-18-16)7-8-14(11)12-5-3-2-4-6-12/h2-9,19H,10H2,1H3.